The second-order valence-corrected chi connectivity index (χ2v) is 5.41. The molecule has 0 spiro atoms. The molecule has 1 aromatic rings. The van der Waals surface area contributed by atoms with Crippen molar-refractivity contribution < 1.29 is 23.2 Å². The molecule has 1 aromatic carbocycles. The maximum absolute atomic E-state index is 12.0. The largest absolute Gasteiger partial charge is 0.479 e. The summed E-state index contributed by atoms with van der Waals surface area (Å²) in [5, 5.41) is 8.44. The molecule has 0 saturated carbocycles. The highest BCUT2D eigenvalue weighted by Crippen LogP contribution is 2.20. The van der Waals surface area contributed by atoms with Gasteiger partial charge in [0.25, 0.3) is 0 Å². The van der Waals surface area contributed by atoms with E-state index >= 15 is 0 Å². The number of benzene rings is 1. The van der Waals surface area contributed by atoms with Crippen LogP contribution in [0, 0.1) is 0 Å². The van der Waals surface area contributed by atoms with Crippen molar-refractivity contribution in [3.05, 3.63) is 24.3 Å². The summed E-state index contributed by atoms with van der Waals surface area (Å²) in [5.41, 5.74) is 2.51. The van der Waals surface area contributed by atoms with Crippen molar-refractivity contribution in [2.24, 2.45) is 0 Å². The molecule has 106 valence electrons. The van der Waals surface area contributed by atoms with Gasteiger partial charge in [0.2, 0.25) is 10.0 Å². The Hall–Kier alpha value is -1.64. The number of carbonyl (C=O) groups is 1. The molecular formula is C11H16N2O5S. The summed E-state index contributed by atoms with van der Waals surface area (Å²) in [7, 11) is -3.64. The fraction of sp³-hybridized carbons (Fsp3) is 0.364. The average molecular weight is 288 g/mol. The van der Waals surface area contributed by atoms with Crippen LogP contribution in [0.25, 0.3) is 0 Å². The Bertz CT molecular complexity index is 530. The monoisotopic (exact) mass is 288 g/mol. The third-order valence-corrected chi connectivity index (χ3v) is 3.62. The molecule has 0 amide bonds. The summed E-state index contributed by atoms with van der Waals surface area (Å²) in [4.78, 5) is 15.0. The van der Waals surface area contributed by atoms with Gasteiger partial charge in [-0.15, -0.1) is 0 Å². The zero-order valence-corrected chi connectivity index (χ0v) is 11.2. The molecule has 19 heavy (non-hydrogen) atoms. The first-order chi connectivity index (χ1) is 8.97. The number of carboxylic acids is 1. The maximum Gasteiger partial charge on any atom is 0.332 e. The molecule has 3 N–H and O–H groups in total. The van der Waals surface area contributed by atoms with Crippen LogP contribution in [0.5, 0.6) is 0 Å². The first kappa shape index (κ1) is 15.4. The molecule has 0 aliphatic rings. The summed E-state index contributed by atoms with van der Waals surface area (Å²) in [6.45, 7) is 1.60. The van der Waals surface area contributed by atoms with Crippen LogP contribution in [-0.2, 0) is 19.7 Å². The molecule has 0 aliphatic heterocycles. The van der Waals surface area contributed by atoms with Crippen LogP contribution in [0.15, 0.2) is 29.2 Å². The van der Waals surface area contributed by atoms with Crippen molar-refractivity contribution in [3.63, 3.8) is 0 Å². The van der Waals surface area contributed by atoms with Gasteiger partial charge in [-0.1, -0.05) is 19.1 Å². The lowest BCUT2D eigenvalue weighted by Gasteiger charge is -2.12. The van der Waals surface area contributed by atoms with Crippen molar-refractivity contribution >= 4 is 21.7 Å². The van der Waals surface area contributed by atoms with Crippen LogP contribution >= 0.6 is 0 Å². The quantitative estimate of drug-likeness (QED) is 0.611. The minimum atomic E-state index is -3.64. The molecule has 0 bridgehead atoms. The highest BCUT2D eigenvalue weighted by molar-refractivity contribution is 7.89. The molecule has 0 saturated heterocycles. The van der Waals surface area contributed by atoms with Gasteiger partial charge in [-0.3, -0.25) is 10.3 Å². The molecule has 0 heterocycles. The normalized spacial score (nSPS) is 11.2. The van der Waals surface area contributed by atoms with Crippen molar-refractivity contribution in [2.45, 2.75) is 18.2 Å². The van der Waals surface area contributed by atoms with Gasteiger partial charge in [-0.2, -0.15) is 0 Å². The van der Waals surface area contributed by atoms with E-state index in [2.05, 4.69) is 15.0 Å². The SMILES string of the molecule is CCCNS(=O)(=O)c1ccccc1NOCC(=O)O. The summed E-state index contributed by atoms with van der Waals surface area (Å²) in [5.74, 6) is -1.16. The van der Waals surface area contributed by atoms with Gasteiger partial charge in [0, 0.05) is 6.54 Å². The lowest BCUT2D eigenvalue weighted by Crippen LogP contribution is -2.25. The molecule has 0 fully saturated rings. The smallest absolute Gasteiger partial charge is 0.332 e. The number of nitrogens with one attached hydrogen (secondary N) is 2. The Morgan fingerprint density at radius 1 is 1.37 bits per heavy atom. The van der Waals surface area contributed by atoms with E-state index in [1.54, 1.807) is 12.1 Å². The van der Waals surface area contributed by atoms with Gasteiger partial charge in [-0.25, -0.2) is 17.9 Å². The number of aliphatic carboxylic acids is 1. The molecule has 0 aliphatic carbocycles. The highest BCUT2D eigenvalue weighted by Gasteiger charge is 2.17. The number of sulfonamides is 1. The highest BCUT2D eigenvalue weighted by atomic mass is 32.2. The third kappa shape index (κ3) is 4.86. The zero-order chi connectivity index (χ0) is 14.3. The topological polar surface area (TPSA) is 105 Å². The number of hydrogen-bond donors (Lipinski definition) is 3. The van der Waals surface area contributed by atoms with Gasteiger partial charge in [0.05, 0.1) is 5.69 Å². The van der Waals surface area contributed by atoms with E-state index in [0.29, 0.717) is 13.0 Å². The van der Waals surface area contributed by atoms with Gasteiger partial charge in [-0.05, 0) is 18.6 Å². The fourth-order valence-corrected chi connectivity index (χ4v) is 2.56. The van der Waals surface area contributed by atoms with Crippen LogP contribution in [-0.4, -0.2) is 32.6 Å². The second kappa shape index (κ2) is 7.07. The third-order valence-electron chi connectivity index (χ3n) is 2.10. The molecule has 7 nitrogen and oxygen atoms in total. The van der Waals surface area contributed by atoms with Crippen molar-refractivity contribution in [3.8, 4) is 0 Å². The van der Waals surface area contributed by atoms with Crippen LogP contribution in [0.1, 0.15) is 13.3 Å². The van der Waals surface area contributed by atoms with E-state index in [-0.39, 0.29) is 10.6 Å². The Morgan fingerprint density at radius 2 is 2.05 bits per heavy atom. The van der Waals surface area contributed by atoms with Crippen LogP contribution in [0.4, 0.5) is 5.69 Å². The summed E-state index contributed by atoms with van der Waals surface area (Å²) < 4.78 is 26.4. The van der Waals surface area contributed by atoms with E-state index < -0.39 is 22.6 Å². The standard InChI is InChI=1S/C11H16N2O5S/c1-2-7-12-19(16,17)10-6-4-3-5-9(10)13-18-8-11(14)15/h3-6,12-13H,2,7-8H2,1H3,(H,14,15). The Morgan fingerprint density at radius 3 is 2.68 bits per heavy atom. The Balaban J connectivity index is 2.86. The van der Waals surface area contributed by atoms with Crippen molar-refractivity contribution in [1.82, 2.24) is 4.72 Å². The molecule has 0 aromatic heterocycles. The van der Waals surface area contributed by atoms with Crippen LogP contribution in [0.2, 0.25) is 0 Å². The van der Waals surface area contributed by atoms with E-state index in [0.717, 1.165) is 0 Å². The fourth-order valence-electron chi connectivity index (χ4n) is 1.28. The average Bonchev–Trinajstić information content (AvgIpc) is 2.36. The van der Waals surface area contributed by atoms with E-state index in [1.165, 1.54) is 12.1 Å². The van der Waals surface area contributed by atoms with Crippen LogP contribution < -0.4 is 10.2 Å². The maximum atomic E-state index is 12.0. The minimum absolute atomic E-state index is 0.00818. The number of carboxylic acid groups (broad SMARTS) is 1. The van der Waals surface area contributed by atoms with Gasteiger partial charge in [0.1, 0.15) is 4.90 Å². The first-order valence-corrected chi connectivity index (χ1v) is 7.14. The summed E-state index contributed by atoms with van der Waals surface area (Å²) in [6, 6.07) is 6.08. The van der Waals surface area contributed by atoms with Crippen LogP contribution in [0.3, 0.4) is 0 Å². The molecule has 0 atom stereocenters. The number of para-hydroxylation sites is 1. The lowest BCUT2D eigenvalue weighted by atomic mass is 10.3. The molecular weight excluding hydrogens is 272 g/mol. The molecule has 0 unspecified atom stereocenters. The predicted molar refractivity (Wildman–Crippen MR) is 69.1 cm³/mol. The molecule has 0 radical (unpaired) electrons. The lowest BCUT2D eigenvalue weighted by molar-refractivity contribution is -0.141. The van der Waals surface area contributed by atoms with Gasteiger partial charge < -0.3 is 5.11 Å². The molecule has 8 heteroatoms. The molecule has 1 rings (SSSR count). The Kier molecular flexibility index (Phi) is 5.74. The first-order valence-electron chi connectivity index (χ1n) is 5.65. The number of hydrogen-bond acceptors (Lipinski definition) is 5. The van der Waals surface area contributed by atoms with E-state index in [4.69, 9.17) is 5.11 Å². The van der Waals surface area contributed by atoms with E-state index in [9.17, 15) is 13.2 Å². The van der Waals surface area contributed by atoms with Gasteiger partial charge in [0.15, 0.2) is 6.61 Å². The van der Waals surface area contributed by atoms with Crippen molar-refractivity contribution in [2.75, 3.05) is 18.6 Å². The summed E-state index contributed by atoms with van der Waals surface area (Å²) >= 11 is 0. The minimum Gasteiger partial charge on any atom is -0.479 e. The Labute approximate surface area is 111 Å². The van der Waals surface area contributed by atoms with Gasteiger partial charge >= 0.3 is 5.97 Å². The van der Waals surface area contributed by atoms with E-state index in [1.807, 2.05) is 6.92 Å². The predicted octanol–water partition coefficient (Wildman–Crippen LogP) is 0.803. The number of anilines is 1. The summed E-state index contributed by atoms with van der Waals surface area (Å²) in [6.07, 6.45) is 0.671. The zero-order valence-electron chi connectivity index (χ0n) is 10.4. The second-order valence-electron chi connectivity index (χ2n) is 3.68. The van der Waals surface area contributed by atoms with Crippen molar-refractivity contribution in [1.29, 1.82) is 0 Å². The number of rotatable bonds is 8.